The van der Waals surface area contributed by atoms with Crippen molar-refractivity contribution in [2.24, 2.45) is 0 Å². The molecule has 0 amide bonds. The van der Waals surface area contributed by atoms with Crippen molar-refractivity contribution in [1.82, 2.24) is 9.97 Å². The van der Waals surface area contributed by atoms with Gasteiger partial charge in [0.15, 0.2) is 0 Å². The van der Waals surface area contributed by atoms with Crippen LogP contribution in [0.15, 0.2) is 12.4 Å². The third-order valence-corrected chi connectivity index (χ3v) is 3.05. The Bertz CT molecular complexity index is 343. The third kappa shape index (κ3) is 2.58. The summed E-state index contributed by atoms with van der Waals surface area (Å²) in [5.41, 5.74) is 0. The van der Waals surface area contributed by atoms with Gasteiger partial charge in [0.1, 0.15) is 11.0 Å². The topological polar surface area (TPSA) is 29.0 Å². The maximum Gasteiger partial charge on any atom is 0.149 e. The standard InChI is InChI=1S/C10H16ClN4/c1-15(2)5-3-14(4-6-15)10-8-12-7-9(11)13-10/h7-8H,3-6H2,1-2H3/q+1. The molecule has 0 radical (unpaired) electrons. The van der Waals surface area contributed by atoms with E-state index in [-0.39, 0.29) is 0 Å². The molecule has 1 aliphatic heterocycles. The zero-order valence-corrected chi connectivity index (χ0v) is 9.91. The zero-order chi connectivity index (χ0) is 10.9. The highest BCUT2D eigenvalue weighted by atomic mass is 35.5. The Balaban J connectivity index is 2.08. The lowest BCUT2D eigenvalue weighted by Gasteiger charge is -2.39. The molecule has 0 bridgehead atoms. The van der Waals surface area contributed by atoms with Crippen molar-refractivity contribution in [1.29, 1.82) is 0 Å². The number of hydrogen-bond donors (Lipinski definition) is 0. The number of likely N-dealkylation sites (N-methyl/N-ethyl adjacent to an activating group) is 1. The molecule has 1 aromatic heterocycles. The molecule has 82 valence electrons. The highest BCUT2D eigenvalue weighted by Crippen LogP contribution is 2.16. The summed E-state index contributed by atoms with van der Waals surface area (Å²) in [7, 11) is 4.50. The SMILES string of the molecule is C[N+]1(C)CCN(c2cncc(Cl)n2)CC1. The van der Waals surface area contributed by atoms with Crippen molar-refractivity contribution in [3.8, 4) is 0 Å². The Kier molecular flexibility index (Phi) is 2.80. The van der Waals surface area contributed by atoms with Gasteiger partial charge in [-0.2, -0.15) is 0 Å². The molecule has 15 heavy (non-hydrogen) atoms. The van der Waals surface area contributed by atoms with Gasteiger partial charge in [-0.1, -0.05) is 11.6 Å². The lowest BCUT2D eigenvalue weighted by Crippen LogP contribution is -2.55. The van der Waals surface area contributed by atoms with Gasteiger partial charge in [0.2, 0.25) is 0 Å². The Morgan fingerprint density at radius 2 is 1.93 bits per heavy atom. The lowest BCUT2D eigenvalue weighted by atomic mass is 10.3. The molecule has 0 aliphatic carbocycles. The van der Waals surface area contributed by atoms with Gasteiger partial charge in [-0.05, 0) is 0 Å². The molecule has 0 N–H and O–H groups in total. The van der Waals surface area contributed by atoms with E-state index in [0.717, 1.165) is 36.5 Å². The van der Waals surface area contributed by atoms with Gasteiger partial charge >= 0.3 is 0 Å². The summed E-state index contributed by atoms with van der Waals surface area (Å²) in [6.45, 7) is 4.30. The third-order valence-electron chi connectivity index (χ3n) is 2.87. The van der Waals surface area contributed by atoms with Gasteiger partial charge in [-0.15, -0.1) is 0 Å². The fraction of sp³-hybridized carbons (Fsp3) is 0.600. The van der Waals surface area contributed by atoms with Crippen molar-refractivity contribution in [2.45, 2.75) is 0 Å². The molecule has 0 atom stereocenters. The van der Waals surface area contributed by atoms with Crippen LogP contribution < -0.4 is 4.90 Å². The molecule has 2 rings (SSSR count). The highest BCUT2D eigenvalue weighted by molar-refractivity contribution is 6.29. The van der Waals surface area contributed by atoms with Gasteiger partial charge in [-0.25, -0.2) is 4.98 Å². The quantitative estimate of drug-likeness (QED) is 0.671. The van der Waals surface area contributed by atoms with Crippen LogP contribution in [0.3, 0.4) is 0 Å². The summed E-state index contributed by atoms with van der Waals surface area (Å²) in [5.74, 6) is 0.891. The predicted molar refractivity (Wildman–Crippen MR) is 61.1 cm³/mol. The van der Waals surface area contributed by atoms with E-state index in [4.69, 9.17) is 11.6 Å². The normalized spacial score (nSPS) is 20.3. The second-order valence-corrected chi connectivity index (χ2v) is 4.96. The molecule has 5 heteroatoms. The maximum atomic E-state index is 5.82. The number of rotatable bonds is 1. The van der Waals surface area contributed by atoms with Crippen molar-refractivity contribution < 1.29 is 4.48 Å². The summed E-state index contributed by atoms with van der Waals surface area (Å²) in [5, 5.41) is 0.465. The summed E-state index contributed by atoms with van der Waals surface area (Å²) >= 11 is 5.82. The van der Waals surface area contributed by atoms with E-state index < -0.39 is 0 Å². The van der Waals surface area contributed by atoms with Gasteiger partial charge < -0.3 is 9.38 Å². The summed E-state index contributed by atoms with van der Waals surface area (Å²) in [6.07, 6.45) is 3.34. The average Bonchev–Trinajstić information content (AvgIpc) is 2.17. The van der Waals surface area contributed by atoms with Crippen LogP contribution in [-0.2, 0) is 0 Å². The van der Waals surface area contributed by atoms with Crippen molar-refractivity contribution >= 4 is 17.4 Å². The zero-order valence-electron chi connectivity index (χ0n) is 9.15. The molecular formula is C10H16ClN4+. The lowest BCUT2D eigenvalue weighted by molar-refractivity contribution is -0.890. The van der Waals surface area contributed by atoms with Crippen molar-refractivity contribution in [3.05, 3.63) is 17.5 Å². The van der Waals surface area contributed by atoms with E-state index in [0.29, 0.717) is 5.15 Å². The molecule has 1 fully saturated rings. The van der Waals surface area contributed by atoms with Crippen LogP contribution in [-0.4, -0.2) is 54.7 Å². The van der Waals surface area contributed by atoms with E-state index in [9.17, 15) is 0 Å². The largest absolute Gasteiger partial charge is 0.344 e. The minimum Gasteiger partial charge on any atom is -0.344 e. The number of piperazine rings is 1. The first-order chi connectivity index (χ1) is 7.07. The van der Waals surface area contributed by atoms with Crippen LogP contribution in [0, 0.1) is 0 Å². The summed E-state index contributed by atoms with van der Waals surface area (Å²) in [6, 6.07) is 0. The van der Waals surface area contributed by atoms with Crippen LogP contribution in [0.1, 0.15) is 0 Å². The molecule has 1 aliphatic rings. The Morgan fingerprint density at radius 1 is 1.27 bits per heavy atom. The smallest absolute Gasteiger partial charge is 0.149 e. The van der Waals surface area contributed by atoms with E-state index in [1.807, 2.05) is 0 Å². The van der Waals surface area contributed by atoms with Gasteiger partial charge in [-0.3, -0.25) is 4.98 Å². The maximum absolute atomic E-state index is 5.82. The number of hydrogen-bond acceptors (Lipinski definition) is 3. The number of halogens is 1. The van der Waals surface area contributed by atoms with Crippen LogP contribution in [0.4, 0.5) is 5.82 Å². The first-order valence-electron chi connectivity index (χ1n) is 5.11. The van der Waals surface area contributed by atoms with Crippen LogP contribution in [0.2, 0.25) is 5.15 Å². The van der Waals surface area contributed by atoms with E-state index in [1.165, 1.54) is 0 Å². The number of anilines is 1. The molecule has 1 saturated heterocycles. The minimum absolute atomic E-state index is 0.465. The molecule has 0 unspecified atom stereocenters. The number of aromatic nitrogens is 2. The molecule has 0 spiro atoms. The summed E-state index contributed by atoms with van der Waals surface area (Å²) in [4.78, 5) is 10.6. The number of quaternary nitrogens is 1. The van der Waals surface area contributed by atoms with E-state index >= 15 is 0 Å². The molecular weight excluding hydrogens is 212 g/mol. The van der Waals surface area contributed by atoms with Gasteiger partial charge in [0, 0.05) is 0 Å². The van der Waals surface area contributed by atoms with Crippen LogP contribution in [0.25, 0.3) is 0 Å². The summed E-state index contributed by atoms with van der Waals surface area (Å²) < 4.78 is 1.07. The van der Waals surface area contributed by atoms with E-state index in [2.05, 4.69) is 29.0 Å². The van der Waals surface area contributed by atoms with Crippen LogP contribution in [0.5, 0.6) is 0 Å². The monoisotopic (exact) mass is 227 g/mol. The predicted octanol–water partition coefficient (Wildman–Crippen LogP) is 1.03. The number of nitrogens with zero attached hydrogens (tertiary/aromatic N) is 4. The van der Waals surface area contributed by atoms with Gasteiger partial charge in [0.25, 0.3) is 0 Å². The Morgan fingerprint density at radius 3 is 2.53 bits per heavy atom. The first-order valence-corrected chi connectivity index (χ1v) is 5.49. The fourth-order valence-corrected chi connectivity index (χ4v) is 1.86. The van der Waals surface area contributed by atoms with E-state index in [1.54, 1.807) is 12.4 Å². The van der Waals surface area contributed by atoms with Crippen molar-refractivity contribution in [3.63, 3.8) is 0 Å². The molecule has 0 saturated carbocycles. The highest BCUT2D eigenvalue weighted by Gasteiger charge is 2.25. The first kappa shape index (κ1) is 10.6. The van der Waals surface area contributed by atoms with Crippen molar-refractivity contribution in [2.75, 3.05) is 45.2 Å². The molecule has 0 aromatic carbocycles. The molecule has 1 aromatic rings. The second kappa shape index (κ2) is 3.94. The van der Waals surface area contributed by atoms with Gasteiger partial charge in [0.05, 0.1) is 52.7 Å². The Hall–Kier alpha value is -0.870. The second-order valence-electron chi connectivity index (χ2n) is 4.57. The van der Waals surface area contributed by atoms with Crippen LogP contribution >= 0.6 is 11.6 Å². The Labute approximate surface area is 95.1 Å². The molecule has 4 nitrogen and oxygen atoms in total. The minimum atomic E-state index is 0.465. The average molecular weight is 228 g/mol. The molecule has 2 heterocycles. The fourth-order valence-electron chi connectivity index (χ4n) is 1.72.